The van der Waals surface area contributed by atoms with E-state index in [9.17, 15) is 9.59 Å². The van der Waals surface area contributed by atoms with Crippen molar-refractivity contribution in [2.24, 2.45) is 0 Å². The van der Waals surface area contributed by atoms with E-state index in [0.29, 0.717) is 41.2 Å². The Hall–Kier alpha value is -4.34. The summed E-state index contributed by atoms with van der Waals surface area (Å²) in [6.45, 7) is 1.97. The van der Waals surface area contributed by atoms with Gasteiger partial charge in [0.1, 0.15) is 12.4 Å². The molecule has 5 N–H and O–H groups in total. The monoisotopic (exact) mass is 533 g/mol. The number of carbonyl (C=O) groups excluding carboxylic acids is 2. The Morgan fingerprint density at radius 2 is 1.79 bits per heavy atom. The number of methoxy groups -OCH3 is 1. The molecule has 0 fully saturated rings. The summed E-state index contributed by atoms with van der Waals surface area (Å²) in [7, 11) is 1.54. The van der Waals surface area contributed by atoms with Crippen LogP contribution in [0.15, 0.2) is 84.9 Å². The maximum Gasteiger partial charge on any atom is 0.412 e. The third-order valence-corrected chi connectivity index (χ3v) is 5.82. The number of anilines is 3. The predicted octanol–water partition coefficient (Wildman–Crippen LogP) is 5.23. The lowest BCUT2D eigenvalue weighted by Crippen LogP contribution is -2.28. The molecule has 9 heteroatoms. The lowest BCUT2D eigenvalue weighted by Gasteiger charge is -2.26. The van der Waals surface area contributed by atoms with Gasteiger partial charge < -0.3 is 30.4 Å². The first-order valence-corrected chi connectivity index (χ1v) is 12.6. The van der Waals surface area contributed by atoms with Crippen LogP contribution in [0.1, 0.15) is 30.1 Å². The second-order valence-corrected chi connectivity index (χ2v) is 8.79. The van der Waals surface area contributed by atoms with Crippen LogP contribution < -0.4 is 21.1 Å². The molecule has 0 aliphatic rings. The van der Waals surface area contributed by atoms with Crippen LogP contribution in [0.25, 0.3) is 0 Å². The lowest BCUT2D eigenvalue weighted by molar-refractivity contribution is -0.111. The molecular weight excluding hydrogens is 498 g/mol. The highest BCUT2D eigenvalue weighted by Gasteiger charge is 2.27. The topological polar surface area (TPSA) is 132 Å². The fourth-order valence-electron chi connectivity index (χ4n) is 3.83. The van der Waals surface area contributed by atoms with Crippen molar-refractivity contribution in [3.05, 3.63) is 96.1 Å². The number of para-hydroxylation sites is 2. The van der Waals surface area contributed by atoms with E-state index in [-0.39, 0.29) is 19.1 Å². The van der Waals surface area contributed by atoms with Crippen LogP contribution in [0.4, 0.5) is 21.9 Å². The molecule has 2 amide bonds. The molecule has 2 atom stereocenters. The van der Waals surface area contributed by atoms with Crippen molar-refractivity contribution in [2.45, 2.75) is 32.0 Å². The highest BCUT2D eigenvalue weighted by Crippen LogP contribution is 2.30. The Morgan fingerprint density at radius 3 is 2.51 bits per heavy atom. The fourth-order valence-corrected chi connectivity index (χ4v) is 3.83. The van der Waals surface area contributed by atoms with E-state index in [4.69, 9.17) is 25.1 Å². The molecule has 0 saturated heterocycles. The quantitative estimate of drug-likeness (QED) is 0.175. The van der Waals surface area contributed by atoms with Crippen LogP contribution in [0.3, 0.4) is 0 Å². The number of nitrogen functional groups attached to an aromatic ring is 1. The molecule has 0 heterocycles. The number of hydrogen-bond donors (Lipinski definition) is 4. The van der Waals surface area contributed by atoms with Gasteiger partial charge in [0.2, 0.25) is 5.91 Å². The Morgan fingerprint density at radius 1 is 1.03 bits per heavy atom. The molecule has 9 nitrogen and oxygen atoms in total. The largest absolute Gasteiger partial charge is 0.491 e. The first-order chi connectivity index (χ1) is 18.9. The van der Waals surface area contributed by atoms with Gasteiger partial charge in [0.05, 0.1) is 24.1 Å². The molecule has 0 aliphatic carbocycles. The van der Waals surface area contributed by atoms with E-state index >= 15 is 0 Å². The number of carbonyl (C=O) groups is 2. The first-order valence-electron chi connectivity index (χ1n) is 12.6. The van der Waals surface area contributed by atoms with Crippen molar-refractivity contribution < 1.29 is 28.9 Å². The van der Waals surface area contributed by atoms with Gasteiger partial charge in [-0.1, -0.05) is 48.0 Å². The van der Waals surface area contributed by atoms with Crippen molar-refractivity contribution in [1.82, 2.24) is 0 Å². The number of ether oxygens (including phenoxy) is 3. The minimum absolute atomic E-state index is 0.124. The normalized spacial score (nSPS) is 12.5. The van der Waals surface area contributed by atoms with Gasteiger partial charge in [0.25, 0.3) is 0 Å². The van der Waals surface area contributed by atoms with Gasteiger partial charge >= 0.3 is 6.09 Å². The van der Waals surface area contributed by atoms with Gasteiger partial charge in [-0.25, -0.2) is 4.79 Å². The number of aryl methyl sites for hydroxylation is 1. The molecule has 3 rings (SSSR count). The first kappa shape index (κ1) is 29.2. The number of allylic oxidation sites excluding steroid dienone is 1. The Kier molecular flexibility index (Phi) is 11.4. The number of nitrogens with two attached hydrogens (primary N) is 1. The summed E-state index contributed by atoms with van der Waals surface area (Å²) >= 11 is 0. The minimum atomic E-state index is -0.774. The van der Waals surface area contributed by atoms with Crippen LogP contribution in [-0.2, 0) is 14.3 Å². The molecular formula is C30H35N3O6. The van der Waals surface area contributed by atoms with Crippen LogP contribution in [0, 0.1) is 6.92 Å². The van der Waals surface area contributed by atoms with Gasteiger partial charge in [-0.3, -0.25) is 10.1 Å². The van der Waals surface area contributed by atoms with Crippen molar-refractivity contribution in [3.8, 4) is 5.75 Å². The molecule has 39 heavy (non-hydrogen) atoms. The number of hydrogen-bond acceptors (Lipinski definition) is 7. The zero-order valence-electron chi connectivity index (χ0n) is 22.1. The van der Waals surface area contributed by atoms with E-state index in [1.807, 2.05) is 25.1 Å². The van der Waals surface area contributed by atoms with Gasteiger partial charge in [-0.2, -0.15) is 0 Å². The second-order valence-electron chi connectivity index (χ2n) is 8.79. The standard InChI is InChI=1S/C30H35N3O6/c1-21-14-16-23(17-15-21)32-30(36)39-29(22-8-7-9-24(20-22)38-19-18-34)27(37-2)12-5-6-13-28(35)33-26-11-4-3-10-25(26)31/h3-4,6-11,13-17,20,27,29,34H,5,12,18-19,31H2,1-2H3,(H,32,36)(H,33,35)/b13-6+/t27-,29-/m0/s1. The van der Waals surface area contributed by atoms with E-state index in [1.165, 1.54) is 6.08 Å². The molecule has 206 valence electrons. The summed E-state index contributed by atoms with van der Waals surface area (Å²) in [5, 5.41) is 14.6. The van der Waals surface area contributed by atoms with Crippen molar-refractivity contribution >= 4 is 29.1 Å². The van der Waals surface area contributed by atoms with Crippen LogP contribution >= 0.6 is 0 Å². The van der Waals surface area contributed by atoms with Crippen molar-refractivity contribution in [2.75, 3.05) is 36.7 Å². The molecule has 0 saturated carbocycles. The average Bonchev–Trinajstić information content (AvgIpc) is 2.93. The minimum Gasteiger partial charge on any atom is -0.491 e. The van der Waals surface area contributed by atoms with Crippen molar-refractivity contribution in [1.29, 1.82) is 0 Å². The van der Waals surface area contributed by atoms with Crippen molar-refractivity contribution in [3.63, 3.8) is 0 Å². The Balaban J connectivity index is 1.70. The SMILES string of the molecule is CO[C@@H](CC/C=C/C(=O)Nc1ccccc1N)[C@@H](OC(=O)Nc1ccc(C)cc1)c1cccc(OCCO)c1. The molecule has 0 aromatic heterocycles. The number of aliphatic hydroxyl groups is 1. The Labute approximate surface area is 228 Å². The summed E-state index contributed by atoms with van der Waals surface area (Å²) in [5.41, 5.74) is 9.24. The van der Waals surface area contributed by atoms with Crippen LogP contribution in [-0.4, -0.2) is 43.5 Å². The van der Waals surface area contributed by atoms with Gasteiger partial charge in [-0.05, 0) is 67.8 Å². The highest BCUT2D eigenvalue weighted by molar-refractivity contribution is 6.01. The van der Waals surface area contributed by atoms with Crippen LogP contribution in [0.5, 0.6) is 5.75 Å². The third-order valence-electron chi connectivity index (χ3n) is 5.82. The number of nitrogens with one attached hydrogen (secondary N) is 2. The zero-order chi connectivity index (χ0) is 28.0. The molecule has 0 spiro atoms. The number of amides is 2. The molecule has 0 unspecified atom stereocenters. The van der Waals surface area contributed by atoms with Crippen LogP contribution in [0.2, 0.25) is 0 Å². The lowest BCUT2D eigenvalue weighted by atomic mass is 10.00. The molecule has 0 aliphatic heterocycles. The summed E-state index contributed by atoms with van der Waals surface area (Å²) in [6.07, 6.45) is 2.16. The summed E-state index contributed by atoms with van der Waals surface area (Å²) in [6, 6.07) is 21.5. The maximum absolute atomic E-state index is 12.8. The molecule has 0 radical (unpaired) electrons. The smallest absolute Gasteiger partial charge is 0.412 e. The molecule has 3 aromatic rings. The summed E-state index contributed by atoms with van der Waals surface area (Å²) in [4.78, 5) is 25.2. The fraction of sp³-hybridized carbons (Fsp3) is 0.267. The zero-order valence-corrected chi connectivity index (χ0v) is 22.1. The average molecular weight is 534 g/mol. The number of rotatable bonds is 13. The predicted molar refractivity (Wildman–Crippen MR) is 152 cm³/mol. The van der Waals surface area contributed by atoms with E-state index in [2.05, 4.69) is 10.6 Å². The van der Waals surface area contributed by atoms with E-state index < -0.39 is 18.3 Å². The highest BCUT2D eigenvalue weighted by atomic mass is 16.6. The molecule has 0 bridgehead atoms. The number of benzene rings is 3. The van der Waals surface area contributed by atoms with E-state index in [1.54, 1.807) is 67.8 Å². The Bertz CT molecular complexity index is 1250. The van der Waals surface area contributed by atoms with Gasteiger partial charge in [-0.15, -0.1) is 0 Å². The summed E-state index contributed by atoms with van der Waals surface area (Å²) < 4.78 is 17.1. The third kappa shape index (κ3) is 9.48. The number of aliphatic hydroxyl groups excluding tert-OH is 1. The maximum atomic E-state index is 12.8. The van der Waals surface area contributed by atoms with Gasteiger partial charge in [0, 0.05) is 12.8 Å². The molecule has 3 aromatic carbocycles. The summed E-state index contributed by atoms with van der Waals surface area (Å²) in [5.74, 6) is 0.224. The van der Waals surface area contributed by atoms with Gasteiger partial charge in [0.15, 0.2) is 6.10 Å². The van der Waals surface area contributed by atoms with E-state index in [0.717, 1.165) is 5.56 Å². The second kappa shape index (κ2) is 15.2.